The minimum absolute atomic E-state index is 0.0903. The minimum Gasteiger partial charge on any atom is -0.489 e. The van der Waals surface area contributed by atoms with Crippen molar-refractivity contribution in [2.75, 3.05) is 18.9 Å². The van der Waals surface area contributed by atoms with Crippen LogP contribution in [-0.4, -0.2) is 46.3 Å². The molecule has 194 valence electrons. The molecule has 14 heteroatoms. The standard InChI is InChI=1S/C23H20F3N5O5S/c1-11-3-4-13(20-30-12(2)31-36-20)7-16(11)35-9-14-10-37-18-15(8-29-19(27)17(14)18)21(32)34-6-5-28-22(33)23(24,25)26/h3-4,7-8,10H,5-6,9H2,1-2H3,(H2,27,29)(H,28,33). The summed E-state index contributed by atoms with van der Waals surface area (Å²) in [5.41, 5.74) is 8.40. The first-order valence-corrected chi connectivity index (χ1v) is 11.6. The average molecular weight is 536 g/mol. The smallest absolute Gasteiger partial charge is 0.471 e. The van der Waals surface area contributed by atoms with Crippen LogP contribution in [0.15, 0.2) is 34.3 Å². The number of amides is 1. The van der Waals surface area contributed by atoms with Crippen LogP contribution >= 0.6 is 11.3 Å². The van der Waals surface area contributed by atoms with Gasteiger partial charge in [0.05, 0.1) is 16.8 Å². The van der Waals surface area contributed by atoms with E-state index in [0.717, 1.165) is 5.56 Å². The van der Waals surface area contributed by atoms with E-state index in [1.807, 2.05) is 19.1 Å². The molecule has 0 aliphatic carbocycles. The molecule has 3 heterocycles. The zero-order chi connectivity index (χ0) is 26.7. The quantitative estimate of drug-likeness (QED) is 0.253. The number of carbonyl (C=O) groups is 2. The van der Waals surface area contributed by atoms with E-state index in [9.17, 15) is 22.8 Å². The van der Waals surface area contributed by atoms with Gasteiger partial charge in [0.25, 0.3) is 5.89 Å². The number of benzene rings is 1. The van der Waals surface area contributed by atoms with Crippen molar-refractivity contribution in [3.8, 4) is 17.2 Å². The molecule has 0 unspecified atom stereocenters. The van der Waals surface area contributed by atoms with Crippen molar-refractivity contribution in [3.63, 3.8) is 0 Å². The third kappa shape index (κ3) is 5.80. The Kier molecular flexibility index (Phi) is 7.29. The lowest BCUT2D eigenvalue weighted by atomic mass is 10.1. The van der Waals surface area contributed by atoms with Gasteiger partial charge in [-0.1, -0.05) is 11.2 Å². The van der Waals surface area contributed by atoms with E-state index in [1.165, 1.54) is 17.5 Å². The second-order valence-corrected chi connectivity index (χ2v) is 8.71. The lowest BCUT2D eigenvalue weighted by molar-refractivity contribution is -0.173. The minimum atomic E-state index is -5.02. The molecule has 0 radical (unpaired) electrons. The molecule has 0 spiro atoms. The van der Waals surface area contributed by atoms with E-state index in [4.69, 9.17) is 19.7 Å². The number of ether oxygens (including phenoxy) is 2. The number of fused-ring (bicyclic) bond motifs is 1. The highest BCUT2D eigenvalue weighted by atomic mass is 32.1. The molecule has 0 bridgehead atoms. The van der Waals surface area contributed by atoms with E-state index in [-0.39, 0.29) is 18.0 Å². The summed E-state index contributed by atoms with van der Waals surface area (Å²) in [7, 11) is 0. The SMILES string of the molecule is Cc1noc(-c2ccc(C)c(OCc3csc4c(C(=O)OCCNC(=O)C(F)(F)F)cnc(N)c34)c2)n1. The molecule has 1 aromatic carbocycles. The third-order valence-electron chi connectivity index (χ3n) is 5.14. The Morgan fingerprint density at radius 2 is 2.03 bits per heavy atom. The Hall–Kier alpha value is -4.20. The Labute approximate surface area is 211 Å². The number of nitrogen functional groups attached to an aromatic ring is 1. The van der Waals surface area contributed by atoms with Gasteiger partial charge in [0.2, 0.25) is 0 Å². The first kappa shape index (κ1) is 25.9. The fraction of sp³-hybridized carbons (Fsp3) is 0.261. The second-order valence-electron chi connectivity index (χ2n) is 7.83. The molecule has 0 fully saturated rings. The Balaban J connectivity index is 1.47. The zero-order valence-electron chi connectivity index (χ0n) is 19.5. The van der Waals surface area contributed by atoms with Crippen molar-refractivity contribution >= 4 is 39.1 Å². The van der Waals surface area contributed by atoms with E-state index in [0.29, 0.717) is 38.7 Å². The van der Waals surface area contributed by atoms with Crippen molar-refractivity contribution in [1.29, 1.82) is 0 Å². The largest absolute Gasteiger partial charge is 0.489 e. The molecule has 37 heavy (non-hydrogen) atoms. The fourth-order valence-electron chi connectivity index (χ4n) is 3.33. The van der Waals surface area contributed by atoms with Crippen molar-refractivity contribution < 1.29 is 36.8 Å². The van der Waals surface area contributed by atoms with Crippen molar-refractivity contribution in [2.45, 2.75) is 26.6 Å². The second kappa shape index (κ2) is 10.4. The number of aryl methyl sites for hydroxylation is 2. The summed E-state index contributed by atoms with van der Waals surface area (Å²) in [5, 5.41) is 7.69. The summed E-state index contributed by atoms with van der Waals surface area (Å²) in [6.07, 6.45) is -3.78. The van der Waals surface area contributed by atoms with Gasteiger partial charge in [-0.2, -0.15) is 18.2 Å². The number of anilines is 1. The normalized spacial score (nSPS) is 11.5. The zero-order valence-corrected chi connectivity index (χ0v) is 20.3. The number of aromatic nitrogens is 3. The lowest BCUT2D eigenvalue weighted by Gasteiger charge is -2.11. The monoisotopic (exact) mass is 535 g/mol. The predicted molar refractivity (Wildman–Crippen MR) is 127 cm³/mol. The molecule has 0 aliphatic heterocycles. The summed E-state index contributed by atoms with van der Waals surface area (Å²) in [4.78, 5) is 31.7. The summed E-state index contributed by atoms with van der Waals surface area (Å²) >= 11 is 1.22. The first-order valence-electron chi connectivity index (χ1n) is 10.8. The van der Waals surface area contributed by atoms with Gasteiger partial charge in [0.1, 0.15) is 24.8 Å². The van der Waals surface area contributed by atoms with Crippen LogP contribution in [0, 0.1) is 13.8 Å². The van der Waals surface area contributed by atoms with Crippen LogP contribution in [0.2, 0.25) is 0 Å². The van der Waals surface area contributed by atoms with Crippen LogP contribution in [0.5, 0.6) is 5.75 Å². The molecule has 0 atom stereocenters. The highest BCUT2D eigenvalue weighted by Gasteiger charge is 2.38. The van der Waals surface area contributed by atoms with Crippen LogP contribution in [0.25, 0.3) is 21.5 Å². The molecule has 10 nitrogen and oxygen atoms in total. The predicted octanol–water partition coefficient (Wildman–Crippen LogP) is 3.96. The third-order valence-corrected chi connectivity index (χ3v) is 6.21. The number of hydrogen-bond acceptors (Lipinski definition) is 10. The number of pyridine rings is 1. The summed E-state index contributed by atoms with van der Waals surface area (Å²) in [6.45, 7) is 2.75. The number of esters is 1. The number of thiophene rings is 1. The number of alkyl halides is 3. The van der Waals surface area contributed by atoms with Crippen molar-refractivity contribution in [1.82, 2.24) is 20.4 Å². The average Bonchev–Trinajstić information content (AvgIpc) is 3.47. The topological polar surface area (TPSA) is 142 Å². The van der Waals surface area contributed by atoms with E-state index >= 15 is 0 Å². The Morgan fingerprint density at radius 1 is 1.24 bits per heavy atom. The molecular formula is C23H20F3N5O5S. The molecule has 4 rings (SSSR count). The molecule has 0 saturated heterocycles. The van der Waals surface area contributed by atoms with Crippen LogP contribution in [0.3, 0.4) is 0 Å². The Morgan fingerprint density at radius 3 is 2.73 bits per heavy atom. The molecule has 0 aliphatic rings. The highest BCUT2D eigenvalue weighted by Crippen LogP contribution is 2.34. The molecule has 0 saturated carbocycles. The summed E-state index contributed by atoms with van der Waals surface area (Å²) in [5.74, 6) is -1.31. The van der Waals surface area contributed by atoms with Crippen molar-refractivity contribution in [2.24, 2.45) is 0 Å². The van der Waals surface area contributed by atoms with Crippen LogP contribution in [-0.2, 0) is 16.1 Å². The van der Waals surface area contributed by atoms with Gasteiger partial charge in [0.15, 0.2) is 5.82 Å². The first-order chi connectivity index (χ1) is 17.5. The maximum absolute atomic E-state index is 12.5. The number of nitrogens with two attached hydrogens (primary N) is 1. The summed E-state index contributed by atoms with van der Waals surface area (Å²) < 4.78 is 53.5. The summed E-state index contributed by atoms with van der Waals surface area (Å²) in [6, 6.07) is 5.47. The number of carbonyl (C=O) groups excluding carboxylic acids is 2. The Bertz CT molecular complexity index is 1470. The number of nitrogens with one attached hydrogen (secondary N) is 1. The number of halogens is 3. The van der Waals surface area contributed by atoms with E-state index < -0.39 is 31.2 Å². The van der Waals surface area contributed by atoms with Gasteiger partial charge in [-0.3, -0.25) is 4.79 Å². The van der Waals surface area contributed by atoms with Gasteiger partial charge in [-0.25, -0.2) is 9.78 Å². The molecule has 4 aromatic rings. The van der Waals surface area contributed by atoms with Crippen LogP contribution in [0.1, 0.15) is 27.3 Å². The van der Waals surface area contributed by atoms with Crippen LogP contribution in [0.4, 0.5) is 19.0 Å². The maximum Gasteiger partial charge on any atom is 0.471 e. The van der Waals surface area contributed by atoms with Gasteiger partial charge >= 0.3 is 18.1 Å². The molecule has 3 N–H and O–H groups in total. The van der Waals surface area contributed by atoms with Crippen molar-refractivity contribution in [3.05, 3.63) is 52.3 Å². The van der Waals surface area contributed by atoms with Crippen LogP contribution < -0.4 is 15.8 Å². The fourth-order valence-corrected chi connectivity index (χ4v) is 4.39. The molecule has 1 amide bonds. The molecular weight excluding hydrogens is 515 g/mol. The lowest BCUT2D eigenvalue weighted by Crippen LogP contribution is -2.38. The number of nitrogens with zero attached hydrogens (tertiary/aromatic N) is 3. The van der Waals surface area contributed by atoms with E-state index in [2.05, 4.69) is 15.1 Å². The highest BCUT2D eigenvalue weighted by molar-refractivity contribution is 7.17. The number of hydrogen-bond donors (Lipinski definition) is 2. The van der Waals surface area contributed by atoms with Gasteiger partial charge < -0.3 is 25.0 Å². The van der Waals surface area contributed by atoms with Gasteiger partial charge in [-0.05, 0) is 36.9 Å². The maximum atomic E-state index is 12.5. The van der Waals surface area contributed by atoms with Gasteiger partial charge in [-0.15, -0.1) is 11.3 Å². The molecule has 3 aromatic heterocycles. The van der Waals surface area contributed by atoms with Gasteiger partial charge in [0, 0.05) is 22.7 Å². The van der Waals surface area contributed by atoms with E-state index in [1.54, 1.807) is 23.7 Å². The number of rotatable bonds is 8.